The van der Waals surface area contributed by atoms with E-state index in [4.69, 9.17) is 0 Å². The zero-order chi connectivity index (χ0) is 14.7. The Morgan fingerprint density at radius 2 is 2.19 bits per heavy atom. The number of nitrogens with zero attached hydrogens (tertiary/aromatic N) is 2. The predicted molar refractivity (Wildman–Crippen MR) is 89.7 cm³/mol. The van der Waals surface area contributed by atoms with E-state index in [0.717, 1.165) is 20.1 Å². The largest absolute Gasteiger partial charge is 0.310 e. The summed E-state index contributed by atoms with van der Waals surface area (Å²) in [7, 11) is 0. The Labute approximate surface area is 138 Å². The fraction of sp³-hybridized carbons (Fsp3) is 0.0714. The third-order valence-corrected chi connectivity index (χ3v) is 5.36. The molecular weight excluding hydrogens is 370 g/mol. The van der Waals surface area contributed by atoms with Crippen molar-refractivity contribution in [2.75, 3.05) is 5.32 Å². The van der Waals surface area contributed by atoms with Crippen LogP contribution in [0.3, 0.4) is 0 Å². The molecule has 106 valence electrons. The fourth-order valence-electron chi connectivity index (χ4n) is 1.71. The van der Waals surface area contributed by atoms with Crippen LogP contribution in [0.1, 0.15) is 5.69 Å². The summed E-state index contributed by atoms with van der Waals surface area (Å²) in [5.74, 6) is 0.443. The molecule has 3 heterocycles. The molecule has 3 aromatic rings. The molecule has 0 aliphatic carbocycles. The summed E-state index contributed by atoms with van der Waals surface area (Å²) < 4.78 is 1.05. The van der Waals surface area contributed by atoms with Crippen LogP contribution in [0.15, 0.2) is 45.7 Å². The molecule has 21 heavy (non-hydrogen) atoms. The summed E-state index contributed by atoms with van der Waals surface area (Å²) in [6, 6.07) is 7.43. The van der Waals surface area contributed by atoms with E-state index in [1.807, 2.05) is 29.0 Å². The Balaban J connectivity index is 1.66. The van der Waals surface area contributed by atoms with Gasteiger partial charge in [0.1, 0.15) is 10.8 Å². The van der Waals surface area contributed by atoms with Gasteiger partial charge in [0.15, 0.2) is 0 Å². The highest BCUT2D eigenvalue weighted by atomic mass is 79.9. The summed E-state index contributed by atoms with van der Waals surface area (Å²) in [5.41, 5.74) is 0.771. The minimum absolute atomic E-state index is 0.113. The van der Waals surface area contributed by atoms with E-state index in [2.05, 4.69) is 31.2 Å². The lowest BCUT2D eigenvalue weighted by molar-refractivity contribution is -0.115. The van der Waals surface area contributed by atoms with Gasteiger partial charge in [0.05, 0.1) is 17.0 Å². The summed E-state index contributed by atoms with van der Waals surface area (Å²) in [6.45, 7) is 0. The number of carbonyl (C=O) groups is 1. The molecule has 0 spiro atoms. The fourth-order valence-corrected chi connectivity index (χ4v) is 4.04. The maximum Gasteiger partial charge on any atom is 0.231 e. The van der Waals surface area contributed by atoms with Gasteiger partial charge in [-0.25, -0.2) is 9.97 Å². The molecule has 3 aromatic heterocycles. The van der Waals surface area contributed by atoms with E-state index in [-0.39, 0.29) is 12.3 Å². The van der Waals surface area contributed by atoms with Gasteiger partial charge in [-0.15, -0.1) is 22.7 Å². The molecular formula is C14H10BrN3OS2. The first-order chi connectivity index (χ1) is 10.2. The Morgan fingerprint density at radius 1 is 1.29 bits per heavy atom. The second-order valence-corrected chi connectivity index (χ2v) is 6.90. The van der Waals surface area contributed by atoms with Gasteiger partial charge in [0, 0.05) is 21.4 Å². The smallest absolute Gasteiger partial charge is 0.231 e. The molecule has 0 saturated carbocycles. The van der Waals surface area contributed by atoms with Gasteiger partial charge in [-0.2, -0.15) is 0 Å². The van der Waals surface area contributed by atoms with Crippen LogP contribution in [-0.2, 0) is 11.2 Å². The van der Waals surface area contributed by atoms with Gasteiger partial charge in [0.25, 0.3) is 0 Å². The molecule has 7 heteroatoms. The Bertz CT molecular complexity index is 754. The monoisotopic (exact) mass is 379 g/mol. The number of thiophene rings is 1. The first-order valence-corrected chi connectivity index (χ1v) is 8.65. The Morgan fingerprint density at radius 3 is 2.90 bits per heavy atom. The van der Waals surface area contributed by atoms with Crippen molar-refractivity contribution in [2.24, 2.45) is 0 Å². The zero-order valence-corrected chi connectivity index (χ0v) is 14.0. The van der Waals surface area contributed by atoms with Crippen LogP contribution in [0.25, 0.3) is 9.88 Å². The molecule has 1 N–H and O–H groups in total. The number of anilines is 1. The molecule has 0 fully saturated rings. The first-order valence-electron chi connectivity index (χ1n) is 6.10. The average molecular weight is 380 g/mol. The van der Waals surface area contributed by atoms with Crippen LogP contribution in [0.4, 0.5) is 5.82 Å². The minimum atomic E-state index is -0.113. The number of hydrogen-bond acceptors (Lipinski definition) is 5. The summed E-state index contributed by atoms with van der Waals surface area (Å²) in [6.07, 6.45) is 1.89. The summed E-state index contributed by atoms with van der Waals surface area (Å²) in [5, 5.41) is 7.63. The van der Waals surface area contributed by atoms with Gasteiger partial charge in [0.2, 0.25) is 5.91 Å². The number of pyridine rings is 1. The quantitative estimate of drug-likeness (QED) is 0.738. The SMILES string of the molecule is O=C(Cc1csc(-c2cc(Br)cs2)n1)Nc1ccccn1. The molecule has 0 atom stereocenters. The number of nitrogens with one attached hydrogen (secondary N) is 1. The second kappa shape index (κ2) is 6.46. The summed E-state index contributed by atoms with van der Waals surface area (Å²) >= 11 is 6.60. The first kappa shape index (κ1) is 14.4. The van der Waals surface area contributed by atoms with Gasteiger partial charge in [-0.3, -0.25) is 4.79 Å². The normalized spacial score (nSPS) is 10.5. The van der Waals surface area contributed by atoms with E-state index < -0.39 is 0 Å². The van der Waals surface area contributed by atoms with Crippen LogP contribution in [0, 0.1) is 0 Å². The Hall–Kier alpha value is -1.57. The predicted octanol–water partition coefficient (Wildman–Crippen LogP) is 4.21. The lowest BCUT2D eigenvalue weighted by atomic mass is 10.3. The van der Waals surface area contributed by atoms with Crippen LogP contribution >= 0.6 is 38.6 Å². The van der Waals surface area contributed by atoms with Crippen LogP contribution in [-0.4, -0.2) is 15.9 Å². The Kier molecular flexibility index (Phi) is 4.42. The number of carbonyl (C=O) groups excluding carboxylic acids is 1. The van der Waals surface area contributed by atoms with Crippen molar-refractivity contribution in [3.63, 3.8) is 0 Å². The average Bonchev–Trinajstić information content (AvgIpc) is 3.09. The van der Waals surface area contributed by atoms with Crippen molar-refractivity contribution >= 4 is 50.3 Å². The van der Waals surface area contributed by atoms with Crippen LogP contribution in [0.2, 0.25) is 0 Å². The highest BCUT2D eigenvalue weighted by Gasteiger charge is 2.10. The number of halogens is 1. The van der Waals surface area contributed by atoms with Gasteiger partial charge in [-0.05, 0) is 34.1 Å². The number of aromatic nitrogens is 2. The van der Waals surface area contributed by atoms with E-state index in [1.54, 1.807) is 34.9 Å². The van der Waals surface area contributed by atoms with Crippen LogP contribution < -0.4 is 5.32 Å². The van der Waals surface area contributed by atoms with E-state index in [1.165, 1.54) is 0 Å². The molecule has 3 rings (SSSR count). The van der Waals surface area contributed by atoms with E-state index >= 15 is 0 Å². The van der Waals surface area contributed by atoms with Gasteiger partial charge < -0.3 is 5.32 Å². The third-order valence-electron chi connectivity index (χ3n) is 2.60. The zero-order valence-electron chi connectivity index (χ0n) is 10.7. The van der Waals surface area contributed by atoms with Crippen molar-refractivity contribution in [1.82, 2.24) is 9.97 Å². The van der Waals surface area contributed by atoms with Crippen LogP contribution in [0.5, 0.6) is 0 Å². The van der Waals surface area contributed by atoms with Gasteiger partial charge in [-0.1, -0.05) is 6.07 Å². The lowest BCUT2D eigenvalue weighted by Crippen LogP contribution is -2.15. The maximum atomic E-state index is 11.9. The maximum absolute atomic E-state index is 11.9. The number of rotatable bonds is 4. The second-order valence-electron chi connectivity index (χ2n) is 4.21. The van der Waals surface area contributed by atoms with Crippen molar-refractivity contribution in [3.8, 4) is 9.88 Å². The molecule has 0 aliphatic heterocycles. The van der Waals surface area contributed by atoms with E-state index in [0.29, 0.717) is 5.82 Å². The molecule has 0 bridgehead atoms. The van der Waals surface area contributed by atoms with Crippen molar-refractivity contribution in [2.45, 2.75) is 6.42 Å². The van der Waals surface area contributed by atoms with Crippen molar-refractivity contribution in [3.05, 3.63) is 51.4 Å². The van der Waals surface area contributed by atoms with Crippen molar-refractivity contribution in [1.29, 1.82) is 0 Å². The molecule has 0 aromatic carbocycles. The third kappa shape index (κ3) is 3.75. The molecule has 0 saturated heterocycles. The summed E-state index contributed by atoms with van der Waals surface area (Å²) in [4.78, 5) is 21.6. The molecule has 0 aliphatic rings. The molecule has 4 nitrogen and oxygen atoms in total. The standard InChI is InChI=1S/C14H10BrN3OS2/c15-9-5-11(20-7-9)14-17-10(8-21-14)6-13(19)18-12-3-1-2-4-16-12/h1-5,7-8H,6H2,(H,16,18,19). The highest BCUT2D eigenvalue weighted by Crippen LogP contribution is 2.32. The van der Waals surface area contributed by atoms with Crippen molar-refractivity contribution < 1.29 is 4.79 Å². The number of thiazole rings is 1. The molecule has 0 unspecified atom stereocenters. The minimum Gasteiger partial charge on any atom is -0.310 e. The van der Waals surface area contributed by atoms with Gasteiger partial charge >= 0.3 is 0 Å². The highest BCUT2D eigenvalue weighted by molar-refractivity contribution is 9.10. The lowest BCUT2D eigenvalue weighted by Gasteiger charge is -2.01. The number of amides is 1. The topological polar surface area (TPSA) is 54.9 Å². The van der Waals surface area contributed by atoms with E-state index in [9.17, 15) is 4.79 Å². The molecule has 1 amide bonds. The molecule has 0 radical (unpaired) electrons. The number of hydrogen-bond donors (Lipinski definition) is 1.